The van der Waals surface area contributed by atoms with Crippen LogP contribution in [0.1, 0.15) is 27.7 Å². The molecule has 0 radical (unpaired) electrons. The molecule has 0 aliphatic carbocycles. The third kappa shape index (κ3) is 6.21. The van der Waals surface area contributed by atoms with Crippen molar-refractivity contribution in [2.45, 2.75) is 38.9 Å². The van der Waals surface area contributed by atoms with Gasteiger partial charge in [0.25, 0.3) is 0 Å². The first kappa shape index (κ1) is 33.3. The predicted molar refractivity (Wildman–Crippen MR) is 222 cm³/mol. The van der Waals surface area contributed by atoms with Gasteiger partial charge in [0.05, 0.1) is 22.6 Å². The Morgan fingerprint density at radius 1 is 0.491 bits per heavy atom. The summed E-state index contributed by atoms with van der Waals surface area (Å²) in [7, 11) is -0.484. The molecular weight excluding hydrogens is 669 g/mol. The van der Waals surface area contributed by atoms with Crippen molar-refractivity contribution in [3.63, 3.8) is 0 Å². The molecule has 5 aromatic carbocycles. The number of pyridine rings is 2. The number of nitrogens with zero attached hydrogens (tertiary/aromatic N) is 3. The van der Waals surface area contributed by atoms with E-state index in [4.69, 9.17) is 19.3 Å². The number of thiophene rings is 1. The van der Waals surface area contributed by atoms with Gasteiger partial charge >= 0.3 is 7.12 Å². The summed E-state index contributed by atoms with van der Waals surface area (Å²) in [6.45, 7) is 8.27. The van der Waals surface area contributed by atoms with Gasteiger partial charge in [-0.15, -0.1) is 11.3 Å². The van der Waals surface area contributed by atoms with Gasteiger partial charge in [-0.2, -0.15) is 0 Å². The topological polar surface area (TPSA) is 47.5 Å². The van der Waals surface area contributed by atoms with Gasteiger partial charge in [0.15, 0.2) is 0 Å². The zero-order chi connectivity index (χ0) is 36.2. The van der Waals surface area contributed by atoms with Crippen molar-refractivity contribution < 1.29 is 9.31 Å². The molecule has 0 N–H and O–H groups in total. The van der Waals surface area contributed by atoms with Gasteiger partial charge in [-0.3, -0.25) is 9.97 Å². The molecule has 0 spiro atoms. The maximum Gasteiger partial charge on any atom is 0.494 e. The minimum Gasteiger partial charge on any atom is -0.399 e. The number of rotatable bonds is 7. The Bertz CT molecular complexity index is 2570. The average molecular weight is 708 g/mol. The van der Waals surface area contributed by atoms with Crippen molar-refractivity contribution in [2.24, 2.45) is 0 Å². The van der Waals surface area contributed by atoms with E-state index in [2.05, 4.69) is 160 Å². The largest absolute Gasteiger partial charge is 0.494 e. The third-order valence-electron chi connectivity index (χ3n) is 10.6. The van der Waals surface area contributed by atoms with E-state index in [-0.39, 0.29) is 0 Å². The summed E-state index contributed by atoms with van der Waals surface area (Å²) in [5, 5.41) is 2.60. The van der Waals surface area contributed by atoms with Crippen LogP contribution in [0.5, 0.6) is 0 Å². The first-order chi connectivity index (χ1) is 25.7. The average Bonchev–Trinajstić information content (AvgIpc) is 3.67. The monoisotopic (exact) mass is 707 g/mol. The van der Waals surface area contributed by atoms with Crippen LogP contribution in [0.2, 0.25) is 0 Å². The summed E-state index contributed by atoms with van der Waals surface area (Å²) < 4.78 is 15.3. The van der Waals surface area contributed by atoms with E-state index in [0.29, 0.717) is 0 Å². The van der Waals surface area contributed by atoms with Gasteiger partial charge in [-0.25, -0.2) is 0 Å². The molecule has 0 bridgehead atoms. The third-order valence-corrected chi connectivity index (χ3v) is 11.8. The Balaban J connectivity index is 1.09. The van der Waals surface area contributed by atoms with Crippen LogP contribution >= 0.6 is 11.3 Å². The molecule has 0 amide bonds. The Morgan fingerprint density at radius 3 is 1.74 bits per heavy atom. The highest BCUT2D eigenvalue weighted by Gasteiger charge is 2.51. The second-order valence-corrected chi connectivity index (χ2v) is 15.7. The lowest BCUT2D eigenvalue weighted by molar-refractivity contribution is 0.00578. The molecular formula is C46H38BN3O2S. The smallest absolute Gasteiger partial charge is 0.399 e. The van der Waals surface area contributed by atoms with Crippen molar-refractivity contribution in [3.8, 4) is 33.6 Å². The lowest BCUT2D eigenvalue weighted by Gasteiger charge is -2.32. The molecule has 1 fully saturated rings. The summed E-state index contributed by atoms with van der Waals surface area (Å²) >= 11 is 1.84. The first-order valence-corrected chi connectivity index (χ1v) is 18.8. The SMILES string of the molecule is CC1(C)OB(c2ccnc(-c3cc(N(c4ccc(-c5ccccc5)cc4)c4ccc(-c5ccc6sc7ccccc7c6c5)cc4)ccn3)c2)OC1(C)C. The summed E-state index contributed by atoms with van der Waals surface area (Å²) in [6.07, 6.45) is 3.66. The number of anilines is 3. The number of benzene rings is 5. The van der Waals surface area contributed by atoms with E-state index in [1.807, 2.05) is 35.7 Å². The van der Waals surface area contributed by atoms with Gasteiger partial charge in [0.2, 0.25) is 0 Å². The highest BCUT2D eigenvalue weighted by molar-refractivity contribution is 7.25. The van der Waals surface area contributed by atoms with Crippen molar-refractivity contribution in [3.05, 3.63) is 158 Å². The molecule has 9 rings (SSSR count). The number of hydrogen-bond donors (Lipinski definition) is 0. The van der Waals surface area contributed by atoms with Gasteiger partial charge in [0.1, 0.15) is 0 Å². The highest BCUT2D eigenvalue weighted by Crippen LogP contribution is 2.40. The summed E-state index contributed by atoms with van der Waals surface area (Å²) in [5.74, 6) is 0. The molecule has 0 atom stereocenters. The van der Waals surface area contributed by atoms with Gasteiger partial charge in [0, 0.05) is 49.6 Å². The van der Waals surface area contributed by atoms with Gasteiger partial charge < -0.3 is 14.2 Å². The summed E-state index contributed by atoms with van der Waals surface area (Å²) in [6, 6.07) is 51.6. The van der Waals surface area contributed by atoms with Crippen LogP contribution in [0.25, 0.3) is 53.8 Å². The van der Waals surface area contributed by atoms with Crippen LogP contribution in [-0.2, 0) is 9.31 Å². The lowest BCUT2D eigenvalue weighted by Crippen LogP contribution is -2.41. The lowest BCUT2D eigenvalue weighted by atomic mass is 9.79. The number of fused-ring (bicyclic) bond motifs is 3. The van der Waals surface area contributed by atoms with Crippen LogP contribution in [-0.4, -0.2) is 28.3 Å². The second kappa shape index (κ2) is 13.1. The fourth-order valence-corrected chi connectivity index (χ4v) is 8.09. The summed E-state index contributed by atoms with van der Waals surface area (Å²) in [4.78, 5) is 11.8. The van der Waals surface area contributed by atoms with E-state index >= 15 is 0 Å². The van der Waals surface area contributed by atoms with Crippen LogP contribution < -0.4 is 10.4 Å². The maximum absolute atomic E-state index is 6.36. The van der Waals surface area contributed by atoms with Crippen LogP contribution in [0.3, 0.4) is 0 Å². The Labute approximate surface area is 314 Å². The Hall–Kier alpha value is -5.60. The minimum atomic E-state index is -0.484. The number of hydrogen-bond acceptors (Lipinski definition) is 6. The predicted octanol–water partition coefficient (Wildman–Crippen LogP) is 11.6. The fraction of sp³-hybridized carbons (Fsp3) is 0.130. The van der Waals surface area contributed by atoms with Crippen LogP contribution in [0.4, 0.5) is 17.1 Å². The molecule has 258 valence electrons. The van der Waals surface area contributed by atoms with Crippen molar-refractivity contribution in [1.82, 2.24) is 9.97 Å². The minimum absolute atomic E-state index is 0.434. The van der Waals surface area contributed by atoms with Crippen LogP contribution in [0, 0.1) is 0 Å². The van der Waals surface area contributed by atoms with Crippen molar-refractivity contribution in [2.75, 3.05) is 4.90 Å². The quantitative estimate of drug-likeness (QED) is 0.154. The van der Waals surface area contributed by atoms with E-state index in [1.54, 1.807) is 6.20 Å². The standard InChI is InChI=1S/C46H38BN3O2S/c1-45(2)46(3,4)52-47(51-45)35-24-26-48-41(29-35)42-30-38(25-27-49-42)50(36-19-14-32(15-20-36)31-10-6-5-7-11-31)37-21-16-33(17-22-37)34-18-23-44-40(28-34)39-12-8-9-13-43(39)53-44/h5-30H,1-4H3. The molecule has 5 nitrogen and oxygen atoms in total. The Kier molecular flexibility index (Phi) is 8.23. The highest BCUT2D eigenvalue weighted by atomic mass is 32.1. The fourth-order valence-electron chi connectivity index (χ4n) is 7.00. The molecule has 0 unspecified atom stereocenters. The molecule has 53 heavy (non-hydrogen) atoms. The first-order valence-electron chi connectivity index (χ1n) is 18.0. The maximum atomic E-state index is 6.36. The van der Waals surface area contributed by atoms with Crippen molar-refractivity contribution in [1.29, 1.82) is 0 Å². The molecule has 1 saturated heterocycles. The second-order valence-electron chi connectivity index (χ2n) is 14.6. The van der Waals surface area contributed by atoms with E-state index < -0.39 is 18.3 Å². The van der Waals surface area contributed by atoms with Crippen molar-refractivity contribution >= 4 is 61.2 Å². The molecule has 3 aromatic heterocycles. The van der Waals surface area contributed by atoms with E-state index in [9.17, 15) is 0 Å². The molecule has 1 aliphatic heterocycles. The zero-order valence-corrected chi connectivity index (χ0v) is 31.0. The molecule has 0 saturated carbocycles. The molecule has 4 heterocycles. The van der Waals surface area contributed by atoms with Gasteiger partial charge in [-0.1, -0.05) is 78.9 Å². The van der Waals surface area contributed by atoms with E-state index in [0.717, 1.165) is 33.9 Å². The Morgan fingerprint density at radius 2 is 1.04 bits per heavy atom. The molecule has 1 aliphatic rings. The molecule has 7 heteroatoms. The van der Waals surface area contributed by atoms with Gasteiger partial charge in [-0.05, 0) is 122 Å². The normalized spacial score (nSPS) is 14.9. The molecule has 8 aromatic rings. The summed E-state index contributed by atoms with van der Waals surface area (Å²) in [5.41, 5.74) is 9.35. The van der Waals surface area contributed by atoms with E-state index in [1.165, 1.54) is 42.4 Å². The number of aromatic nitrogens is 2. The zero-order valence-electron chi connectivity index (χ0n) is 30.2. The van der Waals surface area contributed by atoms with Crippen LogP contribution in [0.15, 0.2) is 158 Å².